The van der Waals surface area contributed by atoms with E-state index in [2.05, 4.69) is 47.7 Å². The largest absolute Gasteiger partial charge is 0.314 e. The Morgan fingerprint density at radius 2 is 2.06 bits per heavy atom. The number of aryl methyl sites for hydroxylation is 1. The quantitative estimate of drug-likeness (QED) is 0.854. The second kappa shape index (κ2) is 5.64. The Balaban J connectivity index is 2.31. The molecule has 0 saturated carbocycles. The van der Waals surface area contributed by atoms with Gasteiger partial charge >= 0.3 is 0 Å². The van der Waals surface area contributed by atoms with Crippen LogP contribution in [0.3, 0.4) is 0 Å². The van der Waals surface area contributed by atoms with Gasteiger partial charge in [-0.1, -0.05) is 31.5 Å². The van der Waals surface area contributed by atoms with Crippen LogP contribution in [0.15, 0.2) is 36.5 Å². The van der Waals surface area contributed by atoms with Crippen molar-refractivity contribution in [3.63, 3.8) is 0 Å². The maximum Gasteiger partial charge on any atom is 0.0766 e. The monoisotopic (exact) mass is 229 g/mol. The average molecular weight is 229 g/mol. The molecule has 0 saturated heterocycles. The molecule has 90 valence electrons. The first-order valence-corrected chi connectivity index (χ1v) is 6.12. The van der Waals surface area contributed by atoms with Crippen LogP contribution >= 0.6 is 0 Å². The van der Waals surface area contributed by atoms with Crippen molar-refractivity contribution >= 4 is 0 Å². The maximum absolute atomic E-state index is 4.57. The van der Waals surface area contributed by atoms with Crippen LogP contribution in [0.25, 0.3) is 5.69 Å². The van der Waals surface area contributed by atoms with Gasteiger partial charge in [-0.05, 0) is 31.2 Å². The molecule has 1 aromatic carbocycles. The number of rotatable bonds is 5. The van der Waals surface area contributed by atoms with E-state index < -0.39 is 0 Å². The number of para-hydroxylation sites is 1. The van der Waals surface area contributed by atoms with Crippen molar-refractivity contribution in [2.45, 2.75) is 26.3 Å². The molecule has 0 atom stereocenters. The van der Waals surface area contributed by atoms with E-state index in [9.17, 15) is 0 Å². The summed E-state index contributed by atoms with van der Waals surface area (Å²) in [7, 11) is 1.93. The van der Waals surface area contributed by atoms with E-state index in [0.29, 0.717) is 0 Å². The SMILES string of the molecule is CCCc1ccccc1-n1ccc(CNC)n1. The Morgan fingerprint density at radius 3 is 2.82 bits per heavy atom. The molecule has 0 aliphatic rings. The lowest BCUT2D eigenvalue weighted by Gasteiger charge is -2.08. The molecule has 0 amide bonds. The lowest BCUT2D eigenvalue weighted by molar-refractivity contribution is 0.752. The highest BCUT2D eigenvalue weighted by atomic mass is 15.3. The van der Waals surface area contributed by atoms with E-state index in [-0.39, 0.29) is 0 Å². The van der Waals surface area contributed by atoms with Crippen molar-refractivity contribution in [2.75, 3.05) is 7.05 Å². The second-order valence-corrected chi connectivity index (χ2v) is 4.16. The van der Waals surface area contributed by atoms with Crippen LogP contribution in [0.1, 0.15) is 24.6 Å². The Kier molecular flexibility index (Phi) is 3.94. The van der Waals surface area contributed by atoms with Crippen molar-refractivity contribution in [1.82, 2.24) is 15.1 Å². The maximum atomic E-state index is 4.57. The molecule has 3 nitrogen and oxygen atoms in total. The third-order valence-electron chi connectivity index (χ3n) is 2.76. The van der Waals surface area contributed by atoms with Crippen LogP contribution in [0, 0.1) is 0 Å². The molecule has 17 heavy (non-hydrogen) atoms. The molecule has 0 aliphatic heterocycles. The van der Waals surface area contributed by atoms with Gasteiger partial charge < -0.3 is 5.32 Å². The van der Waals surface area contributed by atoms with Gasteiger partial charge in [0.1, 0.15) is 0 Å². The fourth-order valence-electron chi connectivity index (χ4n) is 1.99. The Bertz CT molecular complexity index is 474. The van der Waals surface area contributed by atoms with E-state index in [4.69, 9.17) is 0 Å². The Morgan fingerprint density at radius 1 is 1.24 bits per heavy atom. The van der Waals surface area contributed by atoms with Crippen molar-refractivity contribution < 1.29 is 0 Å². The number of nitrogens with one attached hydrogen (secondary N) is 1. The van der Waals surface area contributed by atoms with Gasteiger partial charge in [0.2, 0.25) is 0 Å². The predicted molar refractivity (Wildman–Crippen MR) is 70.3 cm³/mol. The lowest BCUT2D eigenvalue weighted by atomic mass is 10.1. The van der Waals surface area contributed by atoms with Crippen LogP contribution in [0.2, 0.25) is 0 Å². The number of aromatic nitrogens is 2. The first-order chi connectivity index (χ1) is 8.35. The summed E-state index contributed by atoms with van der Waals surface area (Å²) < 4.78 is 1.97. The normalized spacial score (nSPS) is 10.7. The van der Waals surface area contributed by atoms with Crippen molar-refractivity contribution in [1.29, 1.82) is 0 Å². The predicted octanol–water partition coefficient (Wildman–Crippen LogP) is 2.54. The summed E-state index contributed by atoms with van der Waals surface area (Å²) in [5.74, 6) is 0. The van der Waals surface area contributed by atoms with Gasteiger partial charge in [0.15, 0.2) is 0 Å². The molecule has 0 unspecified atom stereocenters. The molecule has 0 aliphatic carbocycles. The van der Waals surface area contributed by atoms with Crippen LogP contribution in [-0.4, -0.2) is 16.8 Å². The zero-order chi connectivity index (χ0) is 12.1. The molecule has 0 radical (unpaired) electrons. The fraction of sp³-hybridized carbons (Fsp3) is 0.357. The summed E-state index contributed by atoms with van der Waals surface area (Å²) in [6.45, 7) is 3.01. The van der Waals surface area contributed by atoms with Gasteiger partial charge in [0.05, 0.1) is 11.4 Å². The van der Waals surface area contributed by atoms with Crippen molar-refractivity contribution in [2.24, 2.45) is 0 Å². The minimum absolute atomic E-state index is 0.808. The zero-order valence-electron chi connectivity index (χ0n) is 10.5. The zero-order valence-corrected chi connectivity index (χ0v) is 10.5. The summed E-state index contributed by atoms with van der Waals surface area (Å²) in [5, 5.41) is 7.68. The summed E-state index contributed by atoms with van der Waals surface area (Å²) in [4.78, 5) is 0. The highest BCUT2D eigenvalue weighted by Gasteiger charge is 2.04. The van der Waals surface area contributed by atoms with Crippen LogP contribution in [-0.2, 0) is 13.0 Å². The van der Waals surface area contributed by atoms with Gasteiger partial charge in [-0.3, -0.25) is 0 Å². The highest BCUT2D eigenvalue weighted by Crippen LogP contribution is 2.15. The Labute approximate surface area is 102 Å². The van der Waals surface area contributed by atoms with Crippen LogP contribution in [0.4, 0.5) is 0 Å². The molecular formula is C14H19N3. The summed E-state index contributed by atoms with van der Waals surface area (Å²) in [6.07, 6.45) is 4.28. The second-order valence-electron chi connectivity index (χ2n) is 4.16. The molecule has 0 bridgehead atoms. The van der Waals surface area contributed by atoms with Crippen LogP contribution in [0.5, 0.6) is 0 Å². The molecule has 2 rings (SSSR count). The number of benzene rings is 1. The topological polar surface area (TPSA) is 29.9 Å². The van der Waals surface area contributed by atoms with E-state index in [0.717, 1.165) is 25.1 Å². The Hall–Kier alpha value is -1.61. The van der Waals surface area contributed by atoms with Gasteiger partial charge in [0, 0.05) is 12.7 Å². The first kappa shape index (κ1) is 11.9. The third-order valence-corrected chi connectivity index (χ3v) is 2.76. The van der Waals surface area contributed by atoms with Gasteiger partial charge in [-0.15, -0.1) is 0 Å². The molecule has 1 N–H and O–H groups in total. The minimum atomic E-state index is 0.808. The number of hydrogen-bond acceptors (Lipinski definition) is 2. The van der Waals surface area contributed by atoms with E-state index in [1.807, 2.05) is 17.9 Å². The highest BCUT2D eigenvalue weighted by molar-refractivity contribution is 5.40. The van der Waals surface area contributed by atoms with E-state index in [1.165, 1.54) is 11.3 Å². The molecular weight excluding hydrogens is 210 g/mol. The number of nitrogens with zero attached hydrogens (tertiary/aromatic N) is 2. The molecule has 0 fully saturated rings. The van der Waals surface area contributed by atoms with Gasteiger partial charge in [0.25, 0.3) is 0 Å². The molecule has 0 spiro atoms. The van der Waals surface area contributed by atoms with Crippen molar-refractivity contribution in [3.05, 3.63) is 47.8 Å². The summed E-state index contributed by atoms with van der Waals surface area (Å²) in [6, 6.07) is 10.5. The molecule has 2 aromatic rings. The molecule has 3 heteroatoms. The molecule has 1 aromatic heterocycles. The summed E-state index contributed by atoms with van der Waals surface area (Å²) in [5.41, 5.74) is 3.62. The van der Waals surface area contributed by atoms with Gasteiger partial charge in [-0.25, -0.2) is 4.68 Å². The average Bonchev–Trinajstić information content (AvgIpc) is 2.79. The number of hydrogen-bond donors (Lipinski definition) is 1. The summed E-state index contributed by atoms with van der Waals surface area (Å²) >= 11 is 0. The smallest absolute Gasteiger partial charge is 0.0766 e. The van der Waals surface area contributed by atoms with E-state index in [1.54, 1.807) is 0 Å². The van der Waals surface area contributed by atoms with Crippen molar-refractivity contribution in [3.8, 4) is 5.69 Å². The van der Waals surface area contributed by atoms with Crippen LogP contribution < -0.4 is 5.32 Å². The minimum Gasteiger partial charge on any atom is -0.314 e. The van der Waals surface area contributed by atoms with Gasteiger partial charge in [-0.2, -0.15) is 5.10 Å². The first-order valence-electron chi connectivity index (χ1n) is 6.12. The standard InChI is InChI=1S/C14H19N3/c1-3-6-12-7-4-5-8-14(12)17-10-9-13(16-17)11-15-2/h4-5,7-10,15H,3,6,11H2,1-2H3. The van der Waals surface area contributed by atoms with E-state index >= 15 is 0 Å². The molecule has 1 heterocycles. The third kappa shape index (κ3) is 2.74. The lowest BCUT2D eigenvalue weighted by Crippen LogP contribution is -2.07. The fourth-order valence-corrected chi connectivity index (χ4v) is 1.99.